The van der Waals surface area contributed by atoms with Gasteiger partial charge >= 0.3 is 6.09 Å². The van der Waals surface area contributed by atoms with Crippen molar-refractivity contribution in [3.05, 3.63) is 29.5 Å². The highest BCUT2D eigenvalue weighted by atomic mass is 16.6. The Bertz CT molecular complexity index is 1030. The lowest BCUT2D eigenvalue weighted by Crippen LogP contribution is -2.43. The summed E-state index contributed by atoms with van der Waals surface area (Å²) in [7, 11) is 1.41. The Hall–Kier alpha value is -3.76. The number of anilines is 1. The number of amides is 2. The summed E-state index contributed by atoms with van der Waals surface area (Å²) in [6, 6.07) is 4.44. The molecule has 0 spiro atoms. The number of aromatic amines is 1. The second kappa shape index (κ2) is 9.80. The Labute approximate surface area is 190 Å². The van der Waals surface area contributed by atoms with E-state index in [9.17, 15) is 19.5 Å². The van der Waals surface area contributed by atoms with Gasteiger partial charge < -0.3 is 29.5 Å². The third-order valence-corrected chi connectivity index (χ3v) is 5.88. The van der Waals surface area contributed by atoms with E-state index < -0.39 is 12.5 Å². The van der Waals surface area contributed by atoms with Crippen LogP contribution in [-0.2, 0) is 9.53 Å². The topological polar surface area (TPSA) is 143 Å². The SMILES string of the molecule is COc1cc(O)c(C=O)c(OCC(=O)Nc2cc(C3CCC(OC(=O)N4CCC4)C3)[nH]n2)c1. The van der Waals surface area contributed by atoms with Gasteiger partial charge in [-0.1, -0.05) is 0 Å². The van der Waals surface area contributed by atoms with Crippen LogP contribution >= 0.6 is 0 Å². The number of aldehydes is 1. The van der Waals surface area contributed by atoms with Crippen molar-refractivity contribution in [3.63, 3.8) is 0 Å². The number of phenols is 1. The molecule has 2 heterocycles. The molecule has 176 valence electrons. The van der Waals surface area contributed by atoms with Crippen LogP contribution in [-0.4, -0.2) is 71.4 Å². The number of hydrogen-bond acceptors (Lipinski definition) is 8. The first-order valence-corrected chi connectivity index (χ1v) is 10.8. The van der Waals surface area contributed by atoms with Crippen LogP contribution in [0.5, 0.6) is 17.2 Å². The van der Waals surface area contributed by atoms with Gasteiger partial charge in [-0.2, -0.15) is 5.10 Å². The second-order valence-electron chi connectivity index (χ2n) is 8.08. The van der Waals surface area contributed by atoms with Gasteiger partial charge in [0.25, 0.3) is 5.91 Å². The van der Waals surface area contributed by atoms with Crippen LogP contribution in [0.25, 0.3) is 0 Å². The summed E-state index contributed by atoms with van der Waals surface area (Å²) in [4.78, 5) is 37.2. The van der Waals surface area contributed by atoms with Gasteiger partial charge in [0.15, 0.2) is 18.7 Å². The third kappa shape index (κ3) is 5.18. The van der Waals surface area contributed by atoms with E-state index in [2.05, 4.69) is 15.5 Å². The second-order valence-corrected chi connectivity index (χ2v) is 8.08. The highest BCUT2D eigenvalue weighted by molar-refractivity contribution is 5.91. The Kier molecular flexibility index (Phi) is 6.66. The van der Waals surface area contributed by atoms with E-state index in [0.29, 0.717) is 18.5 Å². The van der Waals surface area contributed by atoms with Gasteiger partial charge in [0.1, 0.15) is 23.4 Å². The first kappa shape index (κ1) is 22.4. The highest BCUT2D eigenvalue weighted by Gasteiger charge is 2.32. The van der Waals surface area contributed by atoms with E-state index in [-0.39, 0.29) is 40.9 Å². The van der Waals surface area contributed by atoms with Crippen LogP contribution in [0.1, 0.15) is 47.7 Å². The molecule has 33 heavy (non-hydrogen) atoms. The molecule has 2 fully saturated rings. The highest BCUT2D eigenvalue weighted by Crippen LogP contribution is 2.36. The van der Waals surface area contributed by atoms with Crippen LogP contribution in [0, 0.1) is 0 Å². The lowest BCUT2D eigenvalue weighted by molar-refractivity contribution is -0.118. The minimum Gasteiger partial charge on any atom is -0.507 e. The van der Waals surface area contributed by atoms with Crippen LogP contribution in [0.3, 0.4) is 0 Å². The number of rotatable bonds is 8. The summed E-state index contributed by atoms with van der Waals surface area (Å²) in [6.45, 7) is 1.13. The van der Waals surface area contributed by atoms with Crippen LogP contribution in [0.15, 0.2) is 18.2 Å². The molecule has 11 nitrogen and oxygen atoms in total. The molecule has 2 atom stereocenters. The van der Waals surface area contributed by atoms with E-state index in [1.165, 1.54) is 19.2 Å². The zero-order valence-corrected chi connectivity index (χ0v) is 18.2. The fourth-order valence-electron chi connectivity index (χ4n) is 3.92. The number of nitrogens with zero attached hydrogens (tertiary/aromatic N) is 2. The van der Waals surface area contributed by atoms with Gasteiger partial charge in [0.05, 0.1) is 12.7 Å². The minimum atomic E-state index is -0.486. The number of likely N-dealkylation sites (tertiary alicyclic amines) is 1. The average molecular weight is 458 g/mol. The van der Waals surface area contributed by atoms with Gasteiger partial charge in [-0.15, -0.1) is 0 Å². The van der Waals surface area contributed by atoms with E-state index in [1.807, 2.05) is 0 Å². The van der Waals surface area contributed by atoms with Crippen molar-refractivity contribution >= 4 is 24.1 Å². The predicted molar refractivity (Wildman–Crippen MR) is 116 cm³/mol. The minimum absolute atomic E-state index is 0.0319. The third-order valence-electron chi connectivity index (χ3n) is 5.88. The molecule has 1 aliphatic carbocycles. The molecular formula is C22H26N4O7. The molecule has 0 radical (unpaired) electrons. The fraction of sp³-hybridized carbons (Fsp3) is 0.455. The lowest BCUT2D eigenvalue weighted by Gasteiger charge is -2.31. The number of aromatic hydroxyl groups is 1. The number of ether oxygens (including phenoxy) is 3. The van der Waals surface area contributed by atoms with Crippen LogP contribution in [0.2, 0.25) is 0 Å². The number of methoxy groups -OCH3 is 1. The summed E-state index contributed by atoms with van der Waals surface area (Å²) >= 11 is 0. The molecule has 0 bridgehead atoms. The standard InChI is InChI=1S/C22H26N4O7/c1-31-15-8-18(28)16(11-27)19(9-15)32-12-21(29)23-20-10-17(24-25-20)13-3-4-14(7-13)33-22(30)26-5-2-6-26/h8-11,13-14,28H,2-7,12H2,1H3,(H2,23,24,25,29). The predicted octanol–water partition coefficient (Wildman–Crippen LogP) is 2.43. The van der Waals surface area contributed by atoms with Crippen molar-refractivity contribution in [1.29, 1.82) is 0 Å². The number of hydrogen-bond donors (Lipinski definition) is 3. The van der Waals surface area contributed by atoms with E-state index in [4.69, 9.17) is 14.2 Å². The monoisotopic (exact) mass is 458 g/mol. The lowest BCUT2D eigenvalue weighted by atomic mass is 10.0. The normalized spacial score (nSPS) is 19.5. The smallest absolute Gasteiger partial charge is 0.410 e. The van der Waals surface area contributed by atoms with Gasteiger partial charge in [-0.05, 0) is 25.7 Å². The molecule has 1 aromatic heterocycles. The first-order valence-electron chi connectivity index (χ1n) is 10.8. The number of aromatic nitrogens is 2. The molecule has 3 N–H and O–H groups in total. The maximum atomic E-state index is 12.3. The number of H-pyrrole nitrogens is 1. The molecule has 1 saturated heterocycles. The number of carbonyl (C=O) groups is 3. The molecule has 2 amide bonds. The van der Waals surface area contributed by atoms with Crippen molar-refractivity contribution in [2.45, 2.75) is 37.7 Å². The molecule has 1 aromatic carbocycles. The fourth-order valence-corrected chi connectivity index (χ4v) is 3.92. The largest absolute Gasteiger partial charge is 0.507 e. The first-order chi connectivity index (χ1) is 16.0. The molecule has 2 aliphatic rings. The van der Waals surface area contributed by atoms with Crippen molar-refractivity contribution in [3.8, 4) is 17.2 Å². The average Bonchev–Trinajstić information content (AvgIpc) is 3.40. The van der Waals surface area contributed by atoms with Crippen LogP contribution in [0.4, 0.5) is 10.6 Å². The molecular weight excluding hydrogens is 432 g/mol. The number of benzene rings is 1. The van der Waals surface area contributed by atoms with Gasteiger partial charge in [0, 0.05) is 42.9 Å². The van der Waals surface area contributed by atoms with Crippen molar-refractivity contribution in [2.24, 2.45) is 0 Å². The summed E-state index contributed by atoms with van der Waals surface area (Å²) in [5.74, 6) is 0.0229. The molecule has 2 aromatic rings. The zero-order valence-electron chi connectivity index (χ0n) is 18.2. The van der Waals surface area contributed by atoms with E-state index in [1.54, 1.807) is 11.0 Å². The maximum Gasteiger partial charge on any atom is 0.410 e. The summed E-state index contributed by atoms with van der Waals surface area (Å²) in [5, 5.41) is 19.6. The Morgan fingerprint density at radius 1 is 1.30 bits per heavy atom. The molecule has 11 heteroatoms. The maximum absolute atomic E-state index is 12.3. The molecule has 2 unspecified atom stereocenters. The molecule has 4 rings (SSSR count). The molecule has 1 aliphatic heterocycles. The summed E-state index contributed by atoms with van der Waals surface area (Å²) in [6.07, 6.45) is 3.44. The van der Waals surface area contributed by atoms with Crippen molar-refractivity contribution in [2.75, 3.05) is 32.1 Å². The van der Waals surface area contributed by atoms with Gasteiger partial charge in [-0.3, -0.25) is 14.7 Å². The van der Waals surface area contributed by atoms with Crippen LogP contribution < -0.4 is 14.8 Å². The van der Waals surface area contributed by atoms with Gasteiger partial charge in [-0.25, -0.2) is 4.79 Å². The quantitative estimate of drug-likeness (QED) is 0.512. The van der Waals surface area contributed by atoms with Crippen molar-refractivity contribution in [1.82, 2.24) is 15.1 Å². The summed E-state index contributed by atoms with van der Waals surface area (Å²) in [5.41, 5.74) is 0.783. The molecule has 1 saturated carbocycles. The Morgan fingerprint density at radius 3 is 2.82 bits per heavy atom. The number of nitrogens with one attached hydrogen (secondary N) is 2. The zero-order chi connectivity index (χ0) is 23.4. The van der Waals surface area contributed by atoms with E-state index in [0.717, 1.165) is 38.0 Å². The summed E-state index contributed by atoms with van der Waals surface area (Å²) < 4.78 is 16.0. The number of phenolic OH excluding ortho intramolecular Hbond substituents is 1. The Morgan fingerprint density at radius 2 is 2.12 bits per heavy atom. The van der Waals surface area contributed by atoms with Gasteiger partial charge in [0.2, 0.25) is 0 Å². The van der Waals surface area contributed by atoms with E-state index >= 15 is 0 Å². The number of carbonyl (C=O) groups excluding carboxylic acids is 3. The van der Waals surface area contributed by atoms with Crippen molar-refractivity contribution < 1.29 is 33.7 Å². The Balaban J connectivity index is 1.28.